The third-order valence-electron chi connectivity index (χ3n) is 2.56. The molecule has 0 radical (unpaired) electrons. The van der Waals surface area contributed by atoms with Crippen molar-refractivity contribution in [2.75, 3.05) is 0 Å². The summed E-state index contributed by atoms with van der Waals surface area (Å²) in [7, 11) is 0. The summed E-state index contributed by atoms with van der Waals surface area (Å²) in [6, 6.07) is 9.76. The van der Waals surface area contributed by atoms with Crippen LogP contribution in [-0.2, 0) is 12.5 Å². The number of benzene rings is 2. The van der Waals surface area contributed by atoms with Gasteiger partial charge in [-0.05, 0) is 30.3 Å². The first-order chi connectivity index (χ1) is 9.10. The molecular formula is C14H10BrCl2FO. The molecule has 0 aliphatic rings. The van der Waals surface area contributed by atoms with Crippen LogP contribution in [0.5, 0.6) is 5.75 Å². The molecule has 0 unspecified atom stereocenters. The van der Waals surface area contributed by atoms with Gasteiger partial charge in [-0.15, -0.1) is 11.6 Å². The SMILES string of the molecule is Fc1ccc(COc2ccc(Cl)cc2CCl)c(Br)c1. The number of rotatable bonds is 4. The van der Waals surface area contributed by atoms with Gasteiger partial charge in [-0.1, -0.05) is 33.6 Å². The average molecular weight is 364 g/mol. The number of hydrogen-bond acceptors (Lipinski definition) is 1. The maximum absolute atomic E-state index is 13.0. The van der Waals surface area contributed by atoms with Crippen molar-refractivity contribution in [2.45, 2.75) is 12.5 Å². The Morgan fingerprint density at radius 3 is 2.58 bits per heavy atom. The lowest BCUT2D eigenvalue weighted by atomic mass is 10.2. The zero-order valence-corrected chi connectivity index (χ0v) is 12.9. The van der Waals surface area contributed by atoms with Gasteiger partial charge in [-0.3, -0.25) is 0 Å². The summed E-state index contributed by atoms with van der Waals surface area (Å²) in [5.74, 6) is 0.708. The second-order valence-electron chi connectivity index (χ2n) is 3.91. The van der Waals surface area contributed by atoms with Crippen LogP contribution in [0.1, 0.15) is 11.1 Å². The molecule has 1 nitrogen and oxygen atoms in total. The van der Waals surface area contributed by atoms with Crippen LogP contribution in [0, 0.1) is 5.82 Å². The van der Waals surface area contributed by atoms with E-state index in [1.807, 2.05) is 0 Å². The van der Waals surface area contributed by atoms with Crippen LogP contribution in [0.15, 0.2) is 40.9 Å². The van der Waals surface area contributed by atoms with Crippen LogP contribution in [0.4, 0.5) is 4.39 Å². The minimum absolute atomic E-state index is 0.288. The van der Waals surface area contributed by atoms with E-state index in [0.717, 1.165) is 11.1 Å². The molecule has 2 aromatic rings. The summed E-state index contributed by atoms with van der Waals surface area (Å²) >= 11 is 15.0. The van der Waals surface area contributed by atoms with E-state index < -0.39 is 0 Å². The predicted octanol–water partition coefficient (Wildman–Crippen LogP) is 5.56. The fourth-order valence-electron chi connectivity index (χ4n) is 1.59. The van der Waals surface area contributed by atoms with Crippen molar-refractivity contribution in [2.24, 2.45) is 0 Å². The van der Waals surface area contributed by atoms with E-state index in [0.29, 0.717) is 27.7 Å². The highest BCUT2D eigenvalue weighted by atomic mass is 79.9. The molecule has 0 aromatic heterocycles. The normalized spacial score (nSPS) is 10.5. The van der Waals surface area contributed by atoms with Crippen LogP contribution < -0.4 is 4.74 Å². The fraction of sp³-hybridized carbons (Fsp3) is 0.143. The standard InChI is InChI=1S/C14H10BrCl2FO/c15-13-6-12(18)3-1-9(13)8-19-14-4-2-11(17)5-10(14)7-16/h1-6H,7-8H2. The van der Waals surface area contributed by atoms with E-state index >= 15 is 0 Å². The number of ether oxygens (including phenoxy) is 1. The van der Waals surface area contributed by atoms with Crippen LogP contribution in [0.25, 0.3) is 0 Å². The second kappa shape index (κ2) is 6.60. The van der Waals surface area contributed by atoms with Crippen LogP contribution in [0.3, 0.4) is 0 Å². The Morgan fingerprint density at radius 1 is 1.11 bits per heavy atom. The van der Waals surface area contributed by atoms with Crippen LogP contribution >= 0.6 is 39.1 Å². The maximum Gasteiger partial charge on any atom is 0.124 e. The summed E-state index contributed by atoms with van der Waals surface area (Å²) in [5, 5.41) is 0.617. The first-order valence-electron chi connectivity index (χ1n) is 5.51. The highest BCUT2D eigenvalue weighted by Crippen LogP contribution is 2.26. The second-order valence-corrected chi connectivity index (χ2v) is 5.47. The van der Waals surface area contributed by atoms with Crippen molar-refractivity contribution in [1.82, 2.24) is 0 Å². The summed E-state index contributed by atoms with van der Waals surface area (Å²) in [4.78, 5) is 0. The molecule has 0 aliphatic carbocycles. The van der Waals surface area contributed by atoms with Crippen LogP contribution in [-0.4, -0.2) is 0 Å². The predicted molar refractivity (Wildman–Crippen MR) is 79.4 cm³/mol. The molecule has 0 atom stereocenters. The Balaban J connectivity index is 2.14. The Kier molecular flexibility index (Phi) is 5.08. The topological polar surface area (TPSA) is 9.23 Å². The molecule has 19 heavy (non-hydrogen) atoms. The smallest absolute Gasteiger partial charge is 0.124 e. The molecule has 2 rings (SSSR count). The lowest BCUT2D eigenvalue weighted by Crippen LogP contribution is -1.99. The minimum atomic E-state index is -0.288. The van der Waals surface area contributed by atoms with Gasteiger partial charge in [0.15, 0.2) is 0 Å². The summed E-state index contributed by atoms with van der Waals surface area (Å²) < 4.78 is 19.3. The van der Waals surface area contributed by atoms with E-state index in [1.54, 1.807) is 24.3 Å². The maximum atomic E-state index is 13.0. The van der Waals surface area contributed by atoms with E-state index in [9.17, 15) is 4.39 Å². The quantitative estimate of drug-likeness (QED) is 0.646. The Bertz CT molecular complexity index is 590. The molecule has 0 aliphatic heterocycles. The number of hydrogen-bond donors (Lipinski definition) is 0. The molecule has 2 aromatic carbocycles. The zero-order valence-electron chi connectivity index (χ0n) is 9.80. The Labute approximate surface area is 129 Å². The van der Waals surface area contributed by atoms with Crippen LogP contribution in [0.2, 0.25) is 5.02 Å². The van der Waals surface area contributed by atoms with E-state index in [1.165, 1.54) is 12.1 Å². The minimum Gasteiger partial charge on any atom is -0.489 e. The molecule has 100 valence electrons. The van der Waals surface area contributed by atoms with E-state index in [4.69, 9.17) is 27.9 Å². The Morgan fingerprint density at radius 2 is 1.89 bits per heavy atom. The van der Waals surface area contributed by atoms with Gasteiger partial charge in [0.05, 0.1) is 5.88 Å². The third-order valence-corrected chi connectivity index (χ3v) is 3.83. The van der Waals surface area contributed by atoms with Gasteiger partial charge in [-0.25, -0.2) is 4.39 Å². The van der Waals surface area contributed by atoms with Crippen molar-refractivity contribution in [3.63, 3.8) is 0 Å². The Hall–Kier alpha value is -0.770. The van der Waals surface area contributed by atoms with Crippen molar-refractivity contribution in [3.05, 3.63) is 62.8 Å². The first kappa shape index (κ1) is 14.6. The van der Waals surface area contributed by atoms with Gasteiger partial charge in [-0.2, -0.15) is 0 Å². The molecule has 0 fully saturated rings. The number of alkyl halides is 1. The van der Waals surface area contributed by atoms with Crippen molar-refractivity contribution < 1.29 is 9.13 Å². The largest absolute Gasteiger partial charge is 0.489 e. The van der Waals surface area contributed by atoms with E-state index in [-0.39, 0.29) is 5.82 Å². The molecule has 0 N–H and O–H groups in total. The van der Waals surface area contributed by atoms with Gasteiger partial charge in [0.1, 0.15) is 18.2 Å². The summed E-state index contributed by atoms with van der Waals surface area (Å²) in [6.07, 6.45) is 0. The van der Waals surface area contributed by atoms with Gasteiger partial charge in [0, 0.05) is 20.6 Å². The zero-order chi connectivity index (χ0) is 13.8. The molecule has 0 bridgehead atoms. The summed E-state index contributed by atoms with van der Waals surface area (Å²) in [5.41, 5.74) is 1.68. The van der Waals surface area contributed by atoms with Crippen molar-refractivity contribution in [1.29, 1.82) is 0 Å². The lowest BCUT2D eigenvalue weighted by Gasteiger charge is -2.11. The molecule has 0 saturated carbocycles. The van der Waals surface area contributed by atoms with Gasteiger partial charge in [0.25, 0.3) is 0 Å². The van der Waals surface area contributed by atoms with Crippen molar-refractivity contribution >= 4 is 39.1 Å². The molecule has 0 amide bonds. The molecule has 5 heteroatoms. The lowest BCUT2D eigenvalue weighted by molar-refractivity contribution is 0.303. The van der Waals surface area contributed by atoms with Gasteiger partial charge < -0.3 is 4.74 Å². The molecule has 0 heterocycles. The third kappa shape index (κ3) is 3.85. The fourth-order valence-corrected chi connectivity index (χ4v) is 2.46. The van der Waals surface area contributed by atoms with Gasteiger partial charge in [0.2, 0.25) is 0 Å². The highest BCUT2D eigenvalue weighted by Gasteiger charge is 2.06. The molecular weight excluding hydrogens is 354 g/mol. The molecule has 0 saturated heterocycles. The number of halogens is 4. The monoisotopic (exact) mass is 362 g/mol. The summed E-state index contributed by atoms with van der Waals surface area (Å²) in [6.45, 7) is 0.326. The highest BCUT2D eigenvalue weighted by molar-refractivity contribution is 9.10. The van der Waals surface area contributed by atoms with Crippen molar-refractivity contribution in [3.8, 4) is 5.75 Å². The first-order valence-corrected chi connectivity index (χ1v) is 7.22. The molecule has 0 spiro atoms. The van der Waals surface area contributed by atoms with E-state index in [2.05, 4.69) is 15.9 Å². The van der Waals surface area contributed by atoms with Gasteiger partial charge >= 0.3 is 0 Å². The average Bonchev–Trinajstić information content (AvgIpc) is 2.39.